The highest BCUT2D eigenvalue weighted by atomic mass is 35.5. The molecule has 1 aromatic carbocycles. The summed E-state index contributed by atoms with van der Waals surface area (Å²) >= 11 is 4.79. The van der Waals surface area contributed by atoms with Crippen LogP contribution < -0.4 is 0 Å². The Labute approximate surface area is 85.5 Å². The van der Waals surface area contributed by atoms with Gasteiger partial charge in [0.25, 0.3) is 5.24 Å². The molecule has 0 spiro atoms. The molecule has 0 saturated carbocycles. The van der Waals surface area contributed by atoms with E-state index in [9.17, 15) is 26.7 Å². The van der Waals surface area contributed by atoms with Gasteiger partial charge < -0.3 is 0 Å². The maximum Gasteiger partial charge on any atom is 0.416 e. The summed E-state index contributed by atoms with van der Waals surface area (Å²) in [4.78, 5) is 10.5. The van der Waals surface area contributed by atoms with Crippen molar-refractivity contribution in [2.45, 2.75) is 6.18 Å². The molecule has 0 radical (unpaired) electrons. The molecule has 0 bridgehead atoms. The molecule has 0 N–H and O–H groups in total. The summed E-state index contributed by atoms with van der Waals surface area (Å²) in [7, 11) is 0. The Morgan fingerprint density at radius 2 is 1.73 bits per heavy atom. The van der Waals surface area contributed by atoms with Crippen LogP contribution in [0.1, 0.15) is 15.9 Å². The van der Waals surface area contributed by atoms with Crippen LogP contribution in [-0.2, 0) is 6.18 Å². The number of carbonyl (C=O) groups is 1. The van der Waals surface area contributed by atoms with Gasteiger partial charge in [0.1, 0.15) is 0 Å². The molecule has 0 aromatic heterocycles. The lowest BCUT2D eigenvalue weighted by Gasteiger charge is -2.08. The lowest BCUT2D eigenvalue weighted by molar-refractivity contribution is -0.137. The molecule has 0 aliphatic carbocycles. The van der Waals surface area contributed by atoms with Crippen LogP contribution in [-0.4, -0.2) is 5.24 Å². The van der Waals surface area contributed by atoms with Crippen molar-refractivity contribution in [2.24, 2.45) is 0 Å². The molecule has 0 unspecified atom stereocenters. The second kappa shape index (κ2) is 3.77. The zero-order chi connectivity index (χ0) is 11.8. The summed E-state index contributed by atoms with van der Waals surface area (Å²) in [6.07, 6.45) is -4.87. The quantitative estimate of drug-likeness (QED) is 0.547. The fourth-order valence-corrected chi connectivity index (χ4v) is 1.03. The molecule has 7 heteroatoms. The Morgan fingerprint density at radius 3 is 2.13 bits per heavy atom. The summed E-state index contributed by atoms with van der Waals surface area (Å²) in [6, 6.07) is 0.117. The summed E-state index contributed by atoms with van der Waals surface area (Å²) in [5, 5.41) is -1.49. The molecule has 0 aliphatic heterocycles. The molecule has 1 aromatic rings. The van der Waals surface area contributed by atoms with Gasteiger partial charge in [-0.1, -0.05) is 0 Å². The molecule has 0 amide bonds. The fraction of sp³-hybridized carbons (Fsp3) is 0.125. The first-order valence-electron chi connectivity index (χ1n) is 3.49. The van der Waals surface area contributed by atoms with Crippen LogP contribution in [0.15, 0.2) is 12.1 Å². The Bertz CT molecular complexity index is 412. The van der Waals surface area contributed by atoms with Gasteiger partial charge in [-0.3, -0.25) is 4.79 Å². The van der Waals surface area contributed by atoms with Crippen molar-refractivity contribution < 1.29 is 26.7 Å². The van der Waals surface area contributed by atoms with Crippen molar-refractivity contribution in [1.29, 1.82) is 0 Å². The summed E-state index contributed by atoms with van der Waals surface area (Å²) in [6.45, 7) is 0. The van der Waals surface area contributed by atoms with E-state index in [1.54, 1.807) is 0 Å². The minimum absolute atomic E-state index is 0.0430. The minimum Gasteiger partial charge on any atom is -0.275 e. The van der Waals surface area contributed by atoms with Crippen molar-refractivity contribution in [1.82, 2.24) is 0 Å². The largest absolute Gasteiger partial charge is 0.416 e. The van der Waals surface area contributed by atoms with Gasteiger partial charge in [-0.2, -0.15) is 13.2 Å². The highest BCUT2D eigenvalue weighted by Crippen LogP contribution is 2.31. The fourth-order valence-electron chi connectivity index (χ4n) is 0.896. The van der Waals surface area contributed by atoms with Gasteiger partial charge in [0.05, 0.1) is 11.1 Å². The molecule has 1 rings (SSSR count). The van der Waals surface area contributed by atoms with E-state index in [-0.39, 0.29) is 12.1 Å². The zero-order valence-corrected chi connectivity index (χ0v) is 7.59. The van der Waals surface area contributed by atoms with Crippen molar-refractivity contribution >= 4 is 16.8 Å². The lowest BCUT2D eigenvalue weighted by atomic mass is 10.1. The molecule has 1 nitrogen and oxygen atoms in total. The van der Waals surface area contributed by atoms with E-state index in [0.717, 1.165) is 0 Å². The first-order valence-corrected chi connectivity index (χ1v) is 3.87. The predicted molar refractivity (Wildman–Crippen MR) is 41.5 cm³/mol. The molecule has 0 heterocycles. The summed E-state index contributed by atoms with van der Waals surface area (Å²) in [5.41, 5.74) is -2.60. The SMILES string of the molecule is O=C(Cl)c1cc(C(F)(F)F)cc(F)c1F. The van der Waals surface area contributed by atoms with E-state index in [2.05, 4.69) is 0 Å². The van der Waals surface area contributed by atoms with Crippen LogP contribution in [0.4, 0.5) is 22.0 Å². The van der Waals surface area contributed by atoms with Crippen LogP contribution in [0.3, 0.4) is 0 Å². The third-order valence-corrected chi connectivity index (χ3v) is 1.77. The number of rotatable bonds is 1. The van der Waals surface area contributed by atoms with Gasteiger partial charge in [0, 0.05) is 0 Å². The van der Waals surface area contributed by atoms with Gasteiger partial charge in [0.15, 0.2) is 11.6 Å². The number of alkyl halides is 3. The second-order valence-corrected chi connectivity index (χ2v) is 2.93. The highest BCUT2D eigenvalue weighted by Gasteiger charge is 2.33. The number of benzene rings is 1. The number of hydrogen-bond donors (Lipinski definition) is 0. The minimum atomic E-state index is -4.87. The van der Waals surface area contributed by atoms with Gasteiger partial charge in [-0.25, -0.2) is 8.78 Å². The summed E-state index contributed by atoms with van der Waals surface area (Å²) in [5.74, 6) is -3.46. The lowest BCUT2D eigenvalue weighted by Crippen LogP contribution is -2.09. The van der Waals surface area contributed by atoms with E-state index in [1.165, 1.54) is 0 Å². The molecule has 0 atom stereocenters. The van der Waals surface area contributed by atoms with Gasteiger partial charge in [0.2, 0.25) is 0 Å². The molecular formula is C8H2ClF5O. The number of halogens is 6. The van der Waals surface area contributed by atoms with Crippen LogP contribution in [0.25, 0.3) is 0 Å². The van der Waals surface area contributed by atoms with Crippen molar-refractivity contribution in [3.8, 4) is 0 Å². The smallest absolute Gasteiger partial charge is 0.275 e. The first-order chi connectivity index (χ1) is 6.73. The van der Waals surface area contributed by atoms with Gasteiger partial charge in [-0.15, -0.1) is 0 Å². The van der Waals surface area contributed by atoms with Gasteiger partial charge >= 0.3 is 6.18 Å². The maximum atomic E-state index is 12.8. The van der Waals surface area contributed by atoms with E-state index in [1.807, 2.05) is 0 Å². The standard InChI is InChI=1S/C8H2ClF5O/c9-7(15)4-1-3(8(12,13)14)2-5(10)6(4)11/h1-2H. The topological polar surface area (TPSA) is 17.1 Å². The average molecular weight is 245 g/mol. The van der Waals surface area contributed by atoms with Crippen LogP contribution in [0.2, 0.25) is 0 Å². The normalized spacial score (nSPS) is 11.6. The van der Waals surface area contributed by atoms with Crippen LogP contribution in [0.5, 0.6) is 0 Å². The van der Waals surface area contributed by atoms with Crippen molar-refractivity contribution in [3.63, 3.8) is 0 Å². The van der Waals surface area contributed by atoms with Gasteiger partial charge in [-0.05, 0) is 23.7 Å². The van der Waals surface area contributed by atoms with E-state index in [4.69, 9.17) is 11.6 Å². The van der Waals surface area contributed by atoms with Crippen molar-refractivity contribution in [3.05, 3.63) is 34.9 Å². The number of carbonyl (C=O) groups excluding carboxylic acids is 1. The Morgan fingerprint density at radius 1 is 1.20 bits per heavy atom. The molecule has 0 fully saturated rings. The van der Waals surface area contributed by atoms with E-state index >= 15 is 0 Å². The Kier molecular flexibility index (Phi) is 2.99. The monoisotopic (exact) mass is 244 g/mol. The predicted octanol–water partition coefficient (Wildman–Crippen LogP) is 3.36. The number of hydrogen-bond acceptors (Lipinski definition) is 1. The first kappa shape index (κ1) is 11.9. The summed E-state index contributed by atoms with van der Waals surface area (Å²) < 4.78 is 61.7. The second-order valence-electron chi connectivity index (χ2n) is 2.59. The van der Waals surface area contributed by atoms with Crippen molar-refractivity contribution in [2.75, 3.05) is 0 Å². The zero-order valence-electron chi connectivity index (χ0n) is 6.83. The molecule has 0 saturated heterocycles. The highest BCUT2D eigenvalue weighted by molar-refractivity contribution is 6.67. The maximum absolute atomic E-state index is 12.8. The third kappa shape index (κ3) is 2.44. The van der Waals surface area contributed by atoms with Crippen LogP contribution >= 0.6 is 11.6 Å². The molecule has 82 valence electrons. The van der Waals surface area contributed by atoms with E-state index < -0.39 is 34.2 Å². The Balaban J connectivity index is 3.43. The average Bonchev–Trinajstić information content (AvgIpc) is 2.06. The van der Waals surface area contributed by atoms with Crippen LogP contribution in [0, 0.1) is 11.6 Å². The molecular weight excluding hydrogens is 243 g/mol. The Hall–Kier alpha value is -1.17. The van der Waals surface area contributed by atoms with E-state index in [0.29, 0.717) is 0 Å². The molecule has 0 aliphatic rings. The third-order valence-electron chi connectivity index (χ3n) is 1.57. The molecule has 15 heavy (non-hydrogen) atoms.